The van der Waals surface area contributed by atoms with Crippen LogP contribution in [0.25, 0.3) is 22.3 Å². The van der Waals surface area contributed by atoms with Crippen LogP contribution in [-0.4, -0.2) is 63.5 Å². The predicted molar refractivity (Wildman–Crippen MR) is 186 cm³/mol. The predicted octanol–water partition coefficient (Wildman–Crippen LogP) is 5.63. The number of H-pyrrole nitrogens is 1. The minimum atomic E-state index is -3.62. The number of rotatable bonds is 4. The fraction of sp³-hybridized carbons (Fsp3) is 0.278. The molecule has 11 nitrogen and oxygen atoms in total. The summed E-state index contributed by atoms with van der Waals surface area (Å²) >= 11 is 0. The van der Waals surface area contributed by atoms with E-state index in [9.17, 15) is 18.3 Å². The lowest BCUT2D eigenvalue weighted by Crippen LogP contribution is -2.30. The average Bonchev–Trinajstić information content (AvgIpc) is 3.71. The number of nitrogens with zero attached hydrogens (tertiary/aromatic N) is 4. The number of nitrogens with two attached hydrogens (primary N) is 1. The van der Waals surface area contributed by atoms with Crippen LogP contribution in [-0.2, 0) is 39.9 Å². The van der Waals surface area contributed by atoms with Gasteiger partial charge in [0.2, 0.25) is 0 Å². The lowest BCUT2D eigenvalue weighted by atomic mass is 9.78. The molecule has 4 bridgehead atoms. The van der Waals surface area contributed by atoms with Gasteiger partial charge < -0.3 is 20.6 Å². The number of aliphatic imine (C=N–C) groups is 1. The number of aromatic amines is 1. The normalized spacial score (nSPS) is 18.2. The van der Waals surface area contributed by atoms with Crippen LogP contribution >= 0.6 is 0 Å². The van der Waals surface area contributed by atoms with Crippen molar-refractivity contribution >= 4 is 32.9 Å². The molecule has 0 saturated carbocycles. The van der Waals surface area contributed by atoms with Gasteiger partial charge >= 0.3 is 5.97 Å². The van der Waals surface area contributed by atoms with Gasteiger partial charge in [-0.15, -0.1) is 0 Å². The Kier molecular flexibility index (Phi) is 9.56. The second-order valence-corrected chi connectivity index (χ2v) is 14.8. The van der Waals surface area contributed by atoms with Crippen molar-refractivity contribution in [1.29, 1.82) is 0 Å². The van der Waals surface area contributed by atoms with Crippen LogP contribution in [0.2, 0.25) is 0 Å². The Morgan fingerprint density at radius 1 is 1.12 bits per heavy atom. The van der Waals surface area contributed by atoms with E-state index < -0.39 is 32.9 Å². The third kappa shape index (κ3) is 7.30. The molecule has 2 aromatic heterocycles. The van der Waals surface area contributed by atoms with Crippen LogP contribution < -0.4 is 10.5 Å². The van der Waals surface area contributed by atoms with Gasteiger partial charge in [0, 0.05) is 60.5 Å². The van der Waals surface area contributed by atoms with Crippen molar-refractivity contribution in [2.75, 3.05) is 18.1 Å². The number of ether oxygens (including phenoxy) is 1. The topological polar surface area (TPSA) is 166 Å². The molecule has 1 unspecified atom stereocenters. The van der Waals surface area contributed by atoms with E-state index in [2.05, 4.69) is 15.1 Å². The highest BCUT2D eigenvalue weighted by molar-refractivity contribution is 7.91. The second kappa shape index (κ2) is 13.9. The Bertz CT molecular complexity index is 2260. The minimum Gasteiger partial charge on any atom is -0.481 e. The highest BCUT2D eigenvalue weighted by Crippen LogP contribution is 2.39. The number of hydrogen-bond donors (Lipinski definition) is 3. The van der Waals surface area contributed by atoms with Crippen LogP contribution in [0.3, 0.4) is 0 Å². The number of allylic oxidation sites excluding steroid dienone is 2. The number of halogens is 2. The Hall–Kier alpha value is -5.37. The zero-order valence-electron chi connectivity index (χ0n) is 27.5. The van der Waals surface area contributed by atoms with Gasteiger partial charge in [0.25, 0.3) is 0 Å². The van der Waals surface area contributed by atoms with Crippen molar-refractivity contribution in [3.63, 3.8) is 0 Å². The number of fused-ring (bicyclic) bond motifs is 8. The minimum absolute atomic E-state index is 0.0101. The molecule has 0 spiro atoms. The van der Waals surface area contributed by atoms with Gasteiger partial charge in [-0.1, -0.05) is 24.3 Å². The van der Waals surface area contributed by atoms with Gasteiger partial charge in [0.1, 0.15) is 11.6 Å². The molecule has 1 aliphatic heterocycles. The molecule has 0 saturated heterocycles. The first-order valence-corrected chi connectivity index (χ1v) is 17.8. The number of sulfone groups is 1. The molecule has 14 heteroatoms. The summed E-state index contributed by atoms with van der Waals surface area (Å²) in [6.07, 6.45) is 4.99. The Balaban J connectivity index is 1.50. The maximum atomic E-state index is 15.6. The highest BCUT2D eigenvalue weighted by atomic mass is 32.2. The quantitative estimate of drug-likeness (QED) is 0.217. The van der Waals surface area contributed by atoms with Gasteiger partial charge in [-0.2, -0.15) is 5.10 Å². The van der Waals surface area contributed by atoms with E-state index in [1.54, 1.807) is 31.4 Å². The summed E-state index contributed by atoms with van der Waals surface area (Å²) in [6, 6.07) is 14.3. The first-order valence-electron chi connectivity index (χ1n) is 16.0. The number of aliphatic carboxylic acids is 1. The summed E-state index contributed by atoms with van der Waals surface area (Å²) in [5, 5.41) is 14.6. The molecule has 260 valence electrons. The number of benzene rings is 3. The van der Waals surface area contributed by atoms with E-state index in [1.165, 1.54) is 41.2 Å². The molecule has 3 aromatic carbocycles. The SMILES string of the molecule is Cn1nc2nc1-c1cc(ccc1F)Oc1c(F)cc3[nH]ccc3c1CC(N)=CC=NCCS(=O)(=O)CCC2(C)c1cccc(CCC(=O)O)c1. The highest BCUT2D eigenvalue weighted by Gasteiger charge is 2.36. The fourth-order valence-electron chi connectivity index (χ4n) is 6.07. The van der Waals surface area contributed by atoms with Crippen molar-refractivity contribution in [3.05, 3.63) is 107 Å². The van der Waals surface area contributed by atoms with Crippen molar-refractivity contribution in [3.8, 4) is 22.9 Å². The molecule has 3 heterocycles. The molecular weight excluding hydrogens is 666 g/mol. The lowest BCUT2D eigenvalue weighted by molar-refractivity contribution is -0.136. The first-order chi connectivity index (χ1) is 23.8. The van der Waals surface area contributed by atoms with Gasteiger partial charge in [0.05, 0.1) is 29.0 Å². The summed E-state index contributed by atoms with van der Waals surface area (Å²) in [4.78, 5) is 23.3. The van der Waals surface area contributed by atoms with Crippen LogP contribution in [0.15, 0.2) is 77.6 Å². The Morgan fingerprint density at radius 2 is 1.94 bits per heavy atom. The number of nitrogens with one attached hydrogen (secondary N) is 1. The van der Waals surface area contributed by atoms with E-state index in [0.717, 1.165) is 5.56 Å². The number of carboxylic acid groups (broad SMARTS) is 1. The fourth-order valence-corrected chi connectivity index (χ4v) is 7.37. The molecule has 0 fully saturated rings. The molecule has 0 aliphatic carbocycles. The molecule has 0 amide bonds. The van der Waals surface area contributed by atoms with Crippen LogP contribution in [0.4, 0.5) is 8.78 Å². The van der Waals surface area contributed by atoms with Gasteiger partial charge in [0.15, 0.2) is 33.1 Å². The molecule has 0 radical (unpaired) electrons. The molecular formula is C36H36F2N6O5S. The molecule has 4 N–H and O–H groups in total. The number of carbonyl (C=O) groups is 1. The van der Waals surface area contributed by atoms with E-state index >= 15 is 8.78 Å². The van der Waals surface area contributed by atoms with Gasteiger partial charge in [-0.3, -0.25) is 9.79 Å². The van der Waals surface area contributed by atoms with Gasteiger partial charge in [-0.25, -0.2) is 26.9 Å². The maximum Gasteiger partial charge on any atom is 0.303 e. The molecule has 50 heavy (non-hydrogen) atoms. The second-order valence-electron chi connectivity index (χ2n) is 12.5. The van der Waals surface area contributed by atoms with E-state index in [-0.39, 0.29) is 72.4 Å². The summed E-state index contributed by atoms with van der Waals surface area (Å²) in [5.41, 5.74) is 8.01. The number of carboxylic acids is 1. The zero-order valence-corrected chi connectivity index (χ0v) is 28.3. The largest absolute Gasteiger partial charge is 0.481 e. The smallest absolute Gasteiger partial charge is 0.303 e. The zero-order chi connectivity index (χ0) is 35.6. The van der Waals surface area contributed by atoms with Crippen LogP contribution in [0.5, 0.6) is 11.5 Å². The standard InChI is InChI=1S/C36H36F2N6O5S/c1-36(23-5-3-4-22(18-23)6-9-32(45)46)12-16-50(47,48)17-15-40-13-10-24(39)19-27-26-11-14-41-31(26)21-30(38)33(27)49-25-7-8-29(37)28(20-25)34-42-35(36)43-44(34)2/h3-5,7-8,10-11,13-14,18,20-21,41H,6,9,12,15-17,19,39H2,1-2H3,(H,45,46). The van der Waals surface area contributed by atoms with Crippen molar-refractivity contribution in [2.45, 2.75) is 38.0 Å². The number of hydrogen-bond acceptors (Lipinski definition) is 8. The molecule has 5 aromatic rings. The van der Waals surface area contributed by atoms with Crippen LogP contribution in [0.1, 0.15) is 42.3 Å². The third-order valence-electron chi connectivity index (χ3n) is 8.93. The molecule has 1 atom stereocenters. The first kappa shape index (κ1) is 34.5. The van der Waals surface area contributed by atoms with Crippen molar-refractivity contribution < 1.29 is 31.8 Å². The summed E-state index contributed by atoms with van der Waals surface area (Å²) < 4.78 is 65.3. The van der Waals surface area contributed by atoms with Gasteiger partial charge in [-0.05, 0) is 61.2 Å². The summed E-state index contributed by atoms with van der Waals surface area (Å²) in [7, 11) is -2.03. The van der Waals surface area contributed by atoms with Crippen LogP contribution in [0, 0.1) is 11.6 Å². The lowest BCUT2D eigenvalue weighted by Gasteiger charge is -2.28. The molecule has 6 rings (SSSR count). The number of aryl methyl sites for hydroxylation is 2. The monoisotopic (exact) mass is 702 g/mol. The van der Waals surface area contributed by atoms with Crippen molar-refractivity contribution in [2.24, 2.45) is 17.8 Å². The Labute approximate surface area is 287 Å². The summed E-state index contributed by atoms with van der Waals surface area (Å²) in [6.45, 7) is 1.80. The van der Waals surface area contributed by atoms with E-state index in [0.29, 0.717) is 27.7 Å². The summed E-state index contributed by atoms with van der Waals surface area (Å²) in [5.74, 6) is -2.25. The number of aromatic nitrogens is 4. The van der Waals surface area contributed by atoms with E-state index in [4.69, 9.17) is 15.5 Å². The maximum absolute atomic E-state index is 15.6. The third-order valence-corrected chi connectivity index (χ3v) is 10.6. The van der Waals surface area contributed by atoms with E-state index in [1.807, 2.05) is 19.1 Å². The average molecular weight is 703 g/mol. The molecule has 1 aliphatic rings. The Morgan fingerprint density at radius 3 is 2.74 bits per heavy atom. The van der Waals surface area contributed by atoms with Crippen molar-refractivity contribution in [1.82, 2.24) is 19.7 Å².